The number of methoxy groups -OCH3 is 1. The fourth-order valence-corrected chi connectivity index (χ4v) is 3.27. The van der Waals surface area contributed by atoms with Crippen LogP contribution in [-0.4, -0.2) is 12.7 Å². The van der Waals surface area contributed by atoms with Gasteiger partial charge in [-0.1, -0.05) is 38.1 Å². The lowest BCUT2D eigenvalue weighted by Crippen LogP contribution is -2.39. The lowest BCUT2D eigenvalue weighted by atomic mass is 9.76. The quantitative estimate of drug-likeness (QED) is 0.657. The Labute approximate surface area is 122 Å². The van der Waals surface area contributed by atoms with Crippen LogP contribution in [0.15, 0.2) is 24.3 Å². The molecule has 106 valence electrons. The van der Waals surface area contributed by atoms with Crippen LogP contribution in [0.2, 0.25) is 0 Å². The molecular weight excluding hydrogens is 256 g/mol. The normalized spacial score (nSPS) is 19.2. The Balaban J connectivity index is 1.97. The van der Waals surface area contributed by atoms with Gasteiger partial charge in [0, 0.05) is 7.11 Å². The summed E-state index contributed by atoms with van der Waals surface area (Å²) in [7, 11) is 1.81. The SMILES string of the molecule is COC1(CC(Cl)c2ccc(CC(C)C)cc2)CCC1. The Bertz CT molecular complexity index is 387. The van der Waals surface area contributed by atoms with Gasteiger partial charge in [-0.25, -0.2) is 0 Å². The molecule has 0 heterocycles. The number of ether oxygens (including phenoxy) is 1. The zero-order valence-electron chi connectivity index (χ0n) is 12.3. The van der Waals surface area contributed by atoms with Crippen LogP contribution in [0.1, 0.15) is 56.0 Å². The van der Waals surface area contributed by atoms with E-state index in [1.807, 2.05) is 7.11 Å². The average molecular weight is 281 g/mol. The van der Waals surface area contributed by atoms with Crippen molar-refractivity contribution in [2.24, 2.45) is 5.92 Å². The molecule has 1 aromatic carbocycles. The van der Waals surface area contributed by atoms with Gasteiger partial charge in [0.05, 0.1) is 11.0 Å². The highest BCUT2D eigenvalue weighted by molar-refractivity contribution is 6.20. The van der Waals surface area contributed by atoms with Crippen LogP contribution in [0.25, 0.3) is 0 Å². The second-order valence-corrected chi connectivity index (χ2v) is 6.78. The molecule has 1 aromatic rings. The summed E-state index contributed by atoms with van der Waals surface area (Å²) in [6.45, 7) is 4.49. The molecule has 0 bridgehead atoms. The molecule has 0 N–H and O–H groups in total. The van der Waals surface area contributed by atoms with Crippen molar-refractivity contribution in [1.82, 2.24) is 0 Å². The molecule has 0 saturated heterocycles. The molecule has 1 aliphatic carbocycles. The monoisotopic (exact) mass is 280 g/mol. The Morgan fingerprint density at radius 1 is 1.21 bits per heavy atom. The van der Waals surface area contributed by atoms with E-state index in [1.54, 1.807) is 0 Å². The van der Waals surface area contributed by atoms with Gasteiger partial charge in [0.2, 0.25) is 0 Å². The molecular formula is C17H25ClO. The predicted octanol–water partition coefficient (Wildman–Crippen LogP) is 5.12. The van der Waals surface area contributed by atoms with Gasteiger partial charge in [-0.3, -0.25) is 0 Å². The molecule has 0 aliphatic heterocycles. The molecule has 0 spiro atoms. The third-order valence-electron chi connectivity index (χ3n) is 4.23. The molecule has 19 heavy (non-hydrogen) atoms. The van der Waals surface area contributed by atoms with Gasteiger partial charge in [0.15, 0.2) is 0 Å². The van der Waals surface area contributed by atoms with Gasteiger partial charge < -0.3 is 4.74 Å². The van der Waals surface area contributed by atoms with Crippen LogP contribution in [0.5, 0.6) is 0 Å². The Morgan fingerprint density at radius 3 is 2.26 bits per heavy atom. The molecule has 0 radical (unpaired) electrons. The minimum absolute atomic E-state index is 0.0447. The zero-order valence-corrected chi connectivity index (χ0v) is 13.0. The van der Waals surface area contributed by atoms with E-state index in [1.165, 1.54) is 17.5 Å². The molecule has 2 rings (SSSR count). The first kappa shape index (κ1) is 14.9. The van der Waals surface area contributed by atoms with Crippen molar-refractivity contribution in [2.45, 2.75) is 56.9 Å². The molecule has 1 nitrogen and oxygen atoms in total. The van der Waals surface area contributed by atoms with E-state index >= 15 is 0 Å². The highest BCUT2D eigenvalue weighted by Crippen LogP contribution is 2.43. The van der Waals surface area contributed by atoms with Gasteiger partial charge in [0.1, 0.15) is 0 Å². The van der Waals surface area contributed by atoms with E-state index in [2.05, 4.69) is 38.1 Å². The second-order valence-electron chi connectivity index (χ2n) is 6.25. The summed E-state index contributed by atoms with van der Waals surface area (Å²) in [6, 6.07) is 8.78. The molecule has 1 saturated carbocycles. The van der Waals surface area contributed by atoms with E-state index in [4.69, 9.17) is 16.3 Å². The Hall–Kier alpha value is -0.530. The van der Waals surface area contributed by atoms with Crippen molar-refractivity contribution in [3.05, 3.63) is 35.4 Å². The summed E-state index contributed by atoms with van der Waals surface area (Å²) in [6.07, 6.45) is 5.63. The number of benzene rings is 1. The van der Waals surface area contributed by atoms with Crippen LogP contribution in [-0.2, 0) is 11.2 Å². The van der Waals surface area contributed by atoms with Crippen molar-refractivity contribution in [2.75, 3.05) is 7.11 Å². The predicted molar refractivity (Wildman–Crippen MR) is 81.8 cm³/mol. The number of hydrogen-bond donors (Lipinski definition) is 0. The first-order valence-electron chi connectivity index (χ1n) is 7.33. The maximum atomic E-state index is 6.56. The van der Waals surface area contributed by atoms with Crippen molar-refractivity contribution >= 4 is 11.6 Å². The maximum Gasteiger partial charge on any atom is 0.0696 e. The molecule has 1 aliphatic rings. The Kier molecular flexibility index (Phi) is 4.92. The average Bonchev–Trinajstić information content (AvgIpc) is 2.34. The molecule has 0 aromatic heterocycles. The van der Waals surface area contributed by atoms with Crippen molar-refractivity contribution < 1.29 is 4.74 Å². The number of alkyl halides is 1. The van der Waals surface area contributed by atoms with E-state index in [9.17, 15) is 0 Å². The van der Waals surface area contributed by atoms with Crippen LogP contribution in [0, 0.1) is 5.92 Å². The molecule has 2 heteroatoms. The first-order valence-corrected chi connectivity index (χ1v) is 7.76. The molecule has 1 unspecified atom stereocenters. The summed E-state index contributed by atoms with van der Waals surface area (Å²) < 4.78 is 5.66. The summed E-state index contributed by atoms with van der Waals surface area (Å²) in [5.41, 5.74) is 2.66. The highest BCUT2D eigenvalue weighted by Gasteiger charge is 2.38. The third-order valence-corrected chi connectivity index (χ3v) is 4.64. The van der Waals surface area contributed by atoms with E-state index in [0.29, 0.717) is 5.92 Å². The van der Waals surface area contributed by atoms with Gasteiger partial charge in [-0.2, -0.15) is 0 Å². The summed E-state index contributed by atoms with van der Waals surface area (Å²) in [5, 5.41) is 0.0633. The third kappa shape index (κ3) is 3.73. The maximum absolute atomic E-state index is 6.56. The molecule has 1 fully saturated rings. The Morgan fingerprint density at radius 2 is 1.84 bits per heavy atom. The van der Waals surface area contributed by atoms with E-state index < -0.39 is 0 Å². The number of rotatable bonds is 6. The lowest BCUT2D eigenvalue weighted by molar-refractivity contribution is -0.0780. The van der Waals surface area contributed by atoms with Gasteiger partial charge in [-0.15, -0.1) is 11.6 Å². The minimum atomic E-state index is 0.0447. The molecule has 0 amide bonds. The standard InChI is InChI=1S/C17H25ClO/c1-13(2)11-14-5-7-15(8-6-14)16(18)12-17(19-3)9-4-10-17/h5-8,13,16H,4,9-12H2,1-3H3. The summed E-state index contributed by atoms with van der Waals surface area (Å²) in [5.74, 6) is 0.699. The van der Waals surface area contributed by atoms with Crippen LogP contribution >= 0.6 is 11.6 Å². The van der Waals surface area contributed by atoms with Gasteiger partial charge in [0.25, 0.3) is 0 Å². The van der Waals surface area contributed by atoms with Gasteiger partial charge in [-0.05, 0) is 49.1 Å². The van der Waals surface area contributed by atoms with Crippen molar-refractivity contribution in [1.29, 1.82) is 0 Å². The number of hydrogen-bond acceptors (Lipinski definition) is 1. The summed E-state index contributed by atoms with van der Waals surface area (Å²) in [4.78, 5) is 0. The largest absolute Gasteiger partial charge is 0.378 e. The topological polar surface area (TPSA) is 9.23 Å². The fourth-order valence-electron chi connectivity index (χ4n) is 2.84. The first-order chi connectivity index (χ1) is 9.04. The highest BCUT2D eigenvalue weighted by atomic mass is 35.5. The minimum Gasteiger partial charge on any atom is -0.378 e. The molecule has 1 atom stereocenters. The summed E-state index contributed by atoms with van der Waals surface area (Å²) >= 11 is 6.56. The van der Waals surface area contributed by atoms with Crippen LogP contribution < -0.4 is 0 Å². The van der Waals surface area contributed by atoms with E-state index in [-0.39, 0.29) is 11.0 Å². The van der Waals surface area contributed by atoms with Crippen molar-refractivity contribution in [3.63, 3.8) is 0 Å². The second kappa shape index (κ2) is 6.28. The lowest BCUT2D eigenvalue weighted by Gasteiger charge is -2.41. The zero-order chi connectivity index (χ0) is 13.9. The fraction of sp³-hybridized carbons (Fsp3) is 0.647. The van der Waals surface area contributed by atoms with E-state index in [0.717, 1.165) is 25.7 Å². The van der Waals surface area contributed by atoms with Crippen LogP contribution in [0.3, 0.4) is 0 Å². The van der Waals surface area contributed by atoms with Crippen LogP contribution in [0.4, 0.5) is 0 Å². The van der Waals surface area contributed by atoms with Gasteiger partial charge >= 0.3 is 0 Å². The van der Waals surface area contributed by atoms with Crippen molar-refractivity contribution in [3.8, 4) is 0 Å². The number of halogens is 1. The smallest absolute Gasteiger partial charge is 0.0696 e.